The molecule has 20 heavy (non-hydrogen) atoms. The highest BCUT2D eigenvalue weighted by atomic mass is 35.5. The summed E-state index contributed by atoms with van der Waals surface area (Å²) in [5, 5.41) is 4.97. The van der Waals surface area contributed by atoms with Gasteiger partial charge in [0.2, 0.25) is 0 Å². The van der Waals surface area contributed by atoms with Gasteiger partial charge < -0.3 is 5.32 Å². The lowest BCUT2D eigenvalue weighted by molar-refractivity contribution is 0.232. The molecule has 4 heteroatoms. The molecule has 0 spiro atoms. The van der Waals surface area contributed by atoms with E-state index in [0.29, 0.717) is 16.1 Å². The summed E-state index contributed by atoms with van der Waals surface area (Å²) in [6, 6.07) is 6.59. The molecule has 0 bridgehead atoms. The van der Waals surface area contributed by atoms with Gasteiger partial charge in [-0.1, -0.05) is 35.3 Å². The van der Waals surface area contributed by atoms with Gasteiger partial charge in [0, 0.05) is 25.7 Å². The summed E-state index contributed by atoms with van der Waals surface area (Å²) >= 11 is 12.5. The number of nitrogens with zero attached hydrogens (tertiary/aromatic N) is 1. The van der Waals surface area contributed by atoms with E-state index in [2.05, 4.69) is 16.3 Å². The zero-order valence-electron chi connectivity index (χ0n) is 11.7. The fraction of sp³-hybridized carbons (Fsp3) is 0.625. The van der Waals surface area contributed by atoms with Crippen LogP contribution < -0.4 is 5.32 Å². The second-order valence-corrected chi connectivity index (χ2v) is 6.93. The van der Waals surface area contributed by atoms with Crippen molar-refractivity contribution in [2.75, 3.05) is 19.6 Å². The lowest BCUT2D eigenvalue weighted by Crippen LogP contribution is -2.38. The summed E-state index contributed by atoms with van der Waals surface area (Å²) in [5.74, 6) is 0.898. The highest BCUT2D eigenvalue weighted by Gasteiger charge is 2.26. The van der Waals surface area contributed by atoms with Crippen molar-refractivity contribution in [1.29, 1.82) is 0 Å². The minimum absolute atomic E-state index is 0.645. The van der Waals surface area contributed by atoms with Crippen LogP contribution in [0.5, 0.6) is 0 Å². The van der Waals surface area contributed by atoms with E-state index in [0.717, 1.165) is 24.6 Å². The smallest absolute Gasteiger partial charge is 0.0637 e. The molecular formula is C16H22Cl2N2. The number of benzene rings is 1. The molecule has 1 aromatic carbocycles. The van der Waals surface area contributed by atoms with E-state index >= 15 is 0 Å². The van der Waals surface area contributed by atoms with Gasteiger partial charge in [-0.05, 0) is 49.8 Å². The molecule has 1 aliphatic carbocycles. The summed E-state index contributed by atoms with van der Waals surface area (Å²) < 4.78 is 0. The van der Waals surface area contributed by atoms with Crippen molar-refractivity contribution >= 4 is 23.2 Å². The third-order valence-corrected chi connectivity index (χ3v) is 5.14. The Morgan fingerprint density at radius 3 is 2.70 bits per heavy atom. The molecule has 1 N–H and O–H groups in total. The molecule has 2 fully saturated rings. The average Bonchev–Trinajstić information content (AvgIpc) is 3.09. The van der Waals surface area contributed by atoms with Crippen molar-refractivity contribution in [3.8, 4) is 0 Å². The maximum Gasteiger partial charge on any atom is 0.0637 e. The molecule has 0 aromatic heterocycles. The monoisotopic (exact) mass is 312 g/mol. The highest BCUT2D eigenvalue weighted by molar-refractivity contribution is 6.42. The maximum absolute atomic E-state index is 6.33. The van der Waals surface area contributed by atoms with Crippen molar-refractivity contribution in [2.24, 2.45) is 5.92 Å². The largest absolute Gasteiger partial charge is 0.313 e. The van der Waals surface area contributed by atoms with Gasteiger partial charge >= 0.3 is 0 Å². The molecule has 0 amide bonds. The van der Waals surface area contributed by atoms with Gasteiger partial charge in [-0.2, -0.15) is 0 Å². The number of hydrogen-bond donors (Lipinski definition) is 1. The molecule has 110 valence electrons. The Hall–Kier alpha value is -0.280. The van der Waals surface area contributed by atoms with Crippen LogP contribution in [0.15, 0.2) is 18.2 Å². The van der Waals surface area contributed by atoms with Crippen LogP contribution in [0.1, 0.15) is 31.2 Å². The van der Waals surface area contributed by atoms with Gasteiger partial charge in [0.05, 0.1) is 10.0 Å². The van der Waals surface area contributed by atoms with Gasteiger partial charge in [0.25, 0.3) is 0 Å². The van der Waals surface area contributed by atoms with Crippen LogP contribution in [0, 0.1) is 5.92 Å². The van der Waals surface area contributed by atoms with Gasteiger partial charge in [-0.25, -0.2) is 0 Å². The second-order valence-electron chi connectivity index (χ2n) is 6.14. The van der Waals surface area contributed by atoms with Crippen LogP contribution in [-0.2, 0) is 6.54 Å². The van der Waals surface area contributed by atoms with Crippen molar-refractivity contribution in [3.63, 3.8) is 0 Å². The van der Waals surface area contributed by atoms with Gasteiger partial charge in [0.1, 0.15) is 0 Å². The quantitative estimate of drug-likeness (QED) is 0.855. The van der Waals surface area contributed by atoms with Crippen LogP contribution in [0.3, 0.4) is 0 Å². The molecule has 1 aliphatic heterocycles. The lowest BCUT2D eigenvalue weighted by atomic mass is 10.1. The predicted octanol–water partition coefficient (Wildman–Crippen LogP) is 3.96. The molecule has 1 atom stereocenters. The summed E-state index contributed by atoms with van der Waals surface area (Å²) in [6.07, 6.45) is 5.38. The van der Waals surface area contributed by atoms with Crippen LogP contribution in [-0.4, -0.2) is 30.6 Å². The number of rotatable bonds is 6. The molecule has 1 aromatic rings. The zero-order chi connectivity index (χ0) is 13.9. The van der Waals surface area contributed by atoms with E-state index in [9.17, 15) is 0 Å². The Balaban J connectivity index is 1.66. The van der Waals surface area contributed by atoms with Crippen LogP contribution >= 0.6 is 23.2 Å². The summed E-state index contributed by atoms with van der Waals surface area (Å²) in [7, 11) is 0. The standard InChI is InChI=1S/C16H22Cl2N2/c17-15-5-1-3-13(16(15)18)10-20(9-12-6-7-12)11-14-4-2-8-19-14/h1,3,5,12,14,19H,2,4,6-11H2. The fourth-order valence-electron chi connectivity index (χ4n) is 3.00. The van der Waals surface area contributed by atoms with E-state index < -0.39 is 0 Å². The predicted molar refractivity (Wildman–Crippen MR) is 85.5 cm³/mol. The van der Waals surface area contributed by atoms with E-state index in [1.165, 1.54) is 38.8 Å². The minimum atomic E-state index is 0.645. The molecule has 1 saturated heterocycles. The van der Waals surface area contributed by atoms with Gasteiger partial charge in [-0.15, -0.1) is 0 Å². The summed E-state index contributed by atoms with van der Waals surface area (Å²) in [5.41, 5.74) is 1.15. The Morgan fingerprint density at radius 2 is 2.00 bits per heavy atom. The first-order valence-electron chi connectivity index (χ1n) is 7.61. The summed E-state index contributed by atoms with van der Waals surface area (Å²) in [6.45, 7) is 4.40. The maximum atomic E-state index is 6.33. The third kappa shape index (κ3) is 3.88. The van der Waals surface area contributed by atoms with Crippen molar-refractivity contribution < 1.29 is 0 Å². The third-order valence-electron chi connectivity index (χ3n) is 4.28. The van der Waals surface area contributed by atoms with Crippen LogP contribution in [0.25, 0.3) is 0 Å². The molecule has 0 radical (unpaired) electrons. The van der Waals surface area contributed by atoms with Gasteiger partial charge in [-0.3, -0.25) is 4.90 Å². The number of nitrogens with one attached hydrogen (secondary N) is 1. The van der Waals surface area contributed by atoms with Crippen molar-refractivity contribution in [2.45, 2.75) is 38.3 Å². The zero-order valence-corrected chi connectivity index (χ0v) is 13.3. The number of hydrogen-bond acceptors (Lipinski definition) is 2. The topological polar surface area (TPSA) is 15.3 Å². The number of halogens is 2. The van der Waals surface area contributed by atoms with E-state index in [-0.39, 0.29) is 0 Å². The van der Waals surface area contributed by atoms with Crippen LogP contribution in [0.4, 0.5) is 0 Å². The molecule has 1 unspecified atom stereocenters. The molecule has 2 aliphatic rings. The van der Waals surface area contributed by atoms with E-state index in [1.807, 2.05) is 12.1 Å². The Bertz CT molecular complexity index is 454. The Kier molecular flexibility index (Phi) is 4.87. The Labute approximate surface area is 131 Å². The molecule has 2 nitrogen and oxygen atoms in total. The van der Waals surface area contributed by atoms with Crippen LogP contribution in [0.2, 0.25) is 10.0 Å². The SMILES string of the molecule is Clc1cccc(CN(CC2CC2)CC2CCCN2)c1Cl. The molecular weight excluding hydrogens is 291 g/mol. The first-order chi connectivity index (χ1) is 9.72. The Morgan fingerprint density at radius 1 is 1.15 bits per heavy atom. The lowest BCUT2D eigenvalue weighted by Gasteiger charge is -2.26. The minimum Gasteiger partial charge on any atom is -0.313 e. The first-order valence-corrected chi connectivity index (χ1v) is 8.36. The highest BCUT2D eigenvalue weighted by Crippen LogP contribution is 2.32. The van der Waals surface area contributed by atoms with Crippen molar-refractivity contribution in [3.05, 3.63) is 33.8 Å². The van der Waals surface area contributed by atoms with Crippen molar-refractivity contribution in [1.82, 2.24) is 10.2 Å². The van der Waals surface area contributed by atoms with Gasteiger partial charge in [0.15, 0.2) is 0 Å². The fourth-order valence-corrected chi connectivity index (χ4v) is 3.38. The van der Waals surface area contributed by atoms with E-state index in [4.69, 9.17) is 23.2 Å². The molecule has 1 saturated carbocycles. The normalized spacial score (nSPS) is 22.6. The molecule has 1 heterocycles. The summed E-state index contributed by atoms with van der Waals surface area (Å²) in [4.78, 5) is 2.55. The second kappa shape index (κ2) is 6.65. The average molecular weight is 313 g/mol. The first kappa shape index (κ1) is 14.6. The van der Waals surface area contributed by atoms with E-state index in [1.54, 1.807) is 0 Å². The molecule has 3 rings (SSSR count).